The third-order valence-corrected chi connectivity index (χ3v) is 10.3. The van der Waals surface area contributed by atoms with Crippen LogP contribution in [0.2, 0.25) is 0 Å². The van der Waals surface area contributed by atoms with E-state index in [0.717, 1.165) is 93.0 Å². The molecule has 0 spiro atoms. The summed E-state index contributed by atoms with van der Waals surface area (Å²) in [6.45, 7) is 17.8. The molecule has 6 nitrogen and oxygen atoms in total. The van der Waals surface area contributed by atoms with Crippen molar-refractivity contribution in [1.82, 2.24) is 29.9 Å². The van der Waals surface area contributed by atoms with Gasteiger partial charge in [-0.2, -0.15) is 0 Å². The highest BCUT2D eigenvalue weighted by atomic mass is 14.8. The van der Waals surface area contributed by atoms with Crippen LogP contribution in [0.25, 0.3) is 66.9 Å². The molecule has 0 aromatic carbocycles. The molecular formula is C42H44N6. The maximum absolute atomic E-state index is 5.44. The van der Waals surface area contributed by atoms with E-state index in [9.17, 15) is 0 Å². The van der Waals surface area contributed by atoms with Gasteiger partial charge in [0.1, 0.15) is 0 Å². The van der Waals surface area contributed by atoms with Crippen LogP contribution in [0, 0.1) is 13.8 Å². The minimum atomic E-state index is 0.871. The summed E-state index contributed by atoms with van der Waals surface area (Å²) in [7, 11) is 0. The van der Waals surface area contributed by atoms with E-state index in [1.807, 2.05) is 24.5 Å². The molecule has 0 aliphatic carbocycles. The lowest BCUT2D eigenvalue weighted by molar-refractivity contribution is 1.14. The first-order valence-corrected chi connectivity index (χ1v) is 17.3. The van der Waals surface area contributed by atoms with Gasteiger partial charge in [0.2, 0.25) is 0 Å². The van der Waals surface area contributed by atoms with Gasteiger partial charge in [0, 0.05) is 29.0 Å². The number of rotatable bonds is 6. The number of nitrogens with zero attached hydrogens (tertiary/aromatic N) is 4. The topological polar surface area (TPSA) is 83.1 Å². The quantitative estimate of drug-likeness (QED) is 0.195. The van der Waals surface area contributed by atoms with Crippen LogP contribution in [0.3, 0.4) is 0 Å². The van der Waals surface area contributed by atoms with Crippen LogP contribution in [0.15, 0.2) is 60.9 Å². The average Bonchev–Trinajstić information content (AvgIpc) is 3.79. The summed E-state index contributed by atoms with van der Waals surface area (Å²) in [6, 6.07) is 16.8. The lowest BCUT2D eigenvalue weighted by atomic mass is 9.95. The van der Waals surface area contributed by atoms with Crippen molar-refractivity contribution < 1.29 is 0 Å². The molecule has 8 bridgehead atoms. The number of hydrogen-bond donors (Lipinski definition) is 2. The second-order valence-electron chi connectivity index (χ2n) is 12.8. The number of allylic oxidation sites excluding steroid dienone is 4. The molecule has 7 heterocycles. The van der Waals surface area contributed by atoms with Crippen molar-refractivity contribution in [3.05, 3.63) is 106 Å². The predicted molar refractivity (Wildman–Crippen MR) is 201 cm³/mol. The fraction of sp³-hybridized carbons (Fsp3) is 0.286. The Bertz CT molecular complexity index is 2180. The minimum absolute atomic E-state index is 0.871. The van der Waals surface area contributed by atoms with Gasteiger partial charge in [-0.05, 0) is 134 Å². The Morgan fingerprint density at radius 2 is 0.958 bits per heavy atom. The molecule has 0 saturated heterocycles. The van der Waals surface area contributed by atoms with Gasteiger partial charge in [-0.25, -0.2) is 9.97 Å². The maximum atomic E-state index is 5.44. The van der Waals surface area contributed by atoms with Gasteiger partial charge < -0.3 is 9.97 Å². The summed E-state index contributed by atoms with van der Waals surface area (Å²) in [6.07, 6.45) is 7.27. The molecule has 0 saturated carbocycles. The van der Waals surface area contributed by atoms with Crippen LogP contribution in [0.1, 0.15) is 99.4 Å². The van der Waals surface area contributed by atoms with Crippen LogP contribution >= 0.6 is 0 Å². The van der Waals surface area contributed by atoms with E-state index in [1.165, 1.54) is 44.5 Å². The van der Waals surface area contributed by atoms with Gasteiger partial charge >= 0.3 is 0 Å². The number of H-pyrrole nitrogens is 2. The van der Waals surface area contributed by atoms with E-state index >= 15 is 0 Å². The largest absolute Gasteiger partial charge is 0.354 e. The second kappa shape index (κ2) is 12.5. The summed E-state index contributed by atoms with van der Waals surface area (Å²) in [5.74, 6) is 0. The third-order valence-electron chi connectivity index (χ3n) is 10.3. The van der Waals surface area contributed by atoms with Gasteiger partial charge in [-0.15, -0.1) is 0 Å². The van der Waals surface area contributed by atoms with Gasteiger partial charge in [-0.1, -0.05) is 39.8 Å². The monoisotopic (exact) mass is 632 g/mol. The maximum Gasteiger partial charge on any atom is 0.0785 e. The van der Waals surface area contributed by atoms with Crippen LogP contribution in [0.4, 0.5) is 0 Å². The SMILES string of the molecule is CCC1=C(C)c2nc1cc1[nH]c(c(C)c1CC)c(-c1ccccn1)c1[nH]c(cc3nc(c2-c2ccccn2)C(C)=C3CC)c(CC)c1C. The van der Waals surface area contributed by atoms with Gasteiger partial charge in [0.15, 0.2) is 0 Å². The molecule has 5 aromatic rings. The van der Waals surface area contributed by atoms with Crippen molar-refractivity contribution in [2.75, 3.05) is 0 Å². The van der Waals surface area contributed by atoms with Crippen molar-refractivity contribution in [2.45, 2.75) is 81.1 Å². The zero-order valence-electron chi connectivity index (χ0n) is 29.4. The molecule has 0 atom stereocenters. The number of hydrogen-bond acceptors (Lipinski definition) is 4. The van der Waals surface area contributed by atoms with Crippen LogP contribution in [-0.2, 0) is 12.8 Å². The van der Waals surface area contributed by atoms with Crippen LogP contribution < -0.4 is 0 Å². The van der Waals surface area contributed by atoms with E-state index in [0.29, 0.717) is 0 Å². The molecule has 242 valence electrons. The van der Waals surface area contributed by atoms with Crippen molar-refractivity contribution >= 4 is 44.4 Å². The molecule has 0 amide bonds. The highest BCUT2D eigenvalue weighted by molar-refractivity contribution is 6.02. The van der Waals surface area contributed by atoms with Gasteiger partial charge in [0.25, 0.3) is 0 Å². The zero-order valence-corrected chi connectivity index (χ0v) is 29.4. The summed E-state index contributed by atoms with van der Waals surface area (Å²) in [4.78, 5) is 28.4. The molecule has 0 radical (unpaired) electrons. The molecule has 0 fully saturated rings. The Morgan fingerprint density at radius 3 is 1.33 bits per heavy atom. The summed E-state index contributed by atoms with van der Waals surface area (Å²) in [5, 5.41) is 0. The Labute approximate surface area is 283 Å². The average molecular weight is 633 g/mol. The smallest absolute Gasteiger partial charge is 0.0785 e. The molecule has 5 aromatic heterocycles. The number of fused-ring (bicyclic) bond motifs is 8. The molecule has 48 heavy (non-hydrogen) atoms. The summed E-state index contributed by atoms with van der Waals surface area (Å²) in [5.41, 5.74) is 22.0. The first-order valence-electron chi connectivity index (χ1n) is 17.3. The number of aryl methyl sites for hydroxylation is 4. The van der Waals surface area contributed by atoms with Crippen molar-refractivity contribution in [3.8, 4) is 22.5 Å². The lowest BCUT2D eigenvalue weighted by Crippen LogP contribution is -1.94. The molecular weight excluding hydrogens is 589 g/mol. The fourth-order valence-corrected chi connectivity index (χ4v) is 7.83. The lowest BCUT2D eigenvalue weighted by Gasteiger charge is -2.09. The number of aromatic nitrogens is 6. The highest BCUT2D eigenvalue weighted by Gasteiger charge is 2.27. The molecule has 7 rings (SSSR count). The van der Waals surface area contributed by atoms with Gasteiger partial charge in [-0.3, -0.25) is 9.97 Å². The molecule has 2 N–H and O–H groups in total. The molecule has 2 aliphatic rings. The summed E-state index contributed by atoms with van der Waals surface area (Å²) >= 11 is 0. The molecule has 6 heteroatoms. The Balaban J connectivity index is 1.78. The molecule has 2 aliphatic heterocycles. The van der Waals surface area contributed by atoms with E-state index in [4.69, 9.17) is 19.9 Å². The van der Waals surface area contributed by atoms with Crippen molar-refractivity contribution in [2.24, 2.45) is 0 Å². The normalized spacial score (nSPS) is 13.2. The van der Waals surface area contributed by atoms with E-state index < -0.39 is 0 Å². The number of pyridine rings is 2. The minimum Gasteiger partial charge on any atom is -0.354 e. The van der Waals surface area contributed by atoms with Crippen LogP contribution in [-0.4, -0.2) is 29.9 Å². The van der Waals surface area contributed by atoms with E-state index in [-0.39, 0.29) is 0 Å². The van der Waals surface area contributed by atoms with E-state index in [2.05, 4.69) is 102 Å². The predicted octanol–water partition coefficient (Wildman–Crippen LogP) is 10.9. The molecule has 0 unspecified atom stereocenters. The second-order valence-corrected chi connectivity index (χ2v) is 12.8. The van der Waals surface area contributed by atoms with Crippen LogP contribution in [0.5, 0.6) is 0 Å². The first-order chi connectivity index (χ1) is 23.3. The Hall–Kier alpha value is -5.10. The Morgan fingerprint density at radius 1 is 0.521 bits per heavy atom. The first kappa shape index (κ1) is 31.5. The van der Waals surface area contributed by atoms with Crippen molar-refractivity contribution in [3.63, 3.8) is 0 Å². The fourth-order valence-electron chi connectivity index (χ4n) is 7.83. The Kier molecular flexibility index (Phi) is 8.20. The van der Waals surface area contributed by atoms with Crippen molar-refractivity contribution in [1.29, 1.82) is 0 Å². The standard InChI is InChI=1S/C42H44N6/c1-9-27-23(5)39-37(31-17-13-15-19-43-31)40-25(7)29(11-3)35(47-40)22-36-30(12-4)26(8)42(48-36)38(32-18-14-16-20-44-32)41-24(6)28(10-2)34(46-41)21-33(27)45-39/h13-22,45,47H,9-12H2,1-8H3. The number of nitrogens with one attached hydrogen (secondary N) is 2. The highest BCUT2D eigenvalue weighted by Crippen LogP contribution is 2.43. The zero-order chi connectivity index (χ0) is 33.7. The van der Waals surface area contributed by atoms with E-state index in [1.54, 1.807) is 0 Å². The van der Waals surface area contributed by atoms with Gasteiger partial charge in [0.05, 0.1) is 50.8 Å². The summed E-state index contributed by atoms with van der Waals surface area (Å²) < 4.78 is 0. The third kappa shape index (κ3) is 4.93. The number of aromatic amines is 2.